The van der Waals surface area contributed by atoms with Crippen molar-refractivity contribution >= 4 is 6.21 Å². The second-order valence-electron chi connectivity index (χ2n) is 7.02. The lowest BCUT2D eigenvalue weighted by molar-refractivity contribution is 0.589. The molecule has 0 aromatic heterocycles. The highest BCUT2D eigenvalue weighted by Gasteiger charge is 2.77. The van der Waals surface area contributed by atoms with Crippen LogP contribution in [0.15, 0.2) is 89.9 Å². The largest absolute Gasteiger partial charge is 0.279 e. The first-order valence-electron chi connectivity index (χ1n) is 8.54. The smallest absolute Gasteiger partial charge is 0.103 e. The van der Waals surface area contributed by atoms with Crippen molar-refractivity contribution < 1.29 is 0 Å². The van der Waals surface area contributed by atoms with E-state index in [0.29, 0.717) is 5.92 Å². The molecule has 1 heteroatoms. The highest BCUT2D eigenvalue weighted by Crippen LogP contribution is 2.76. The Hall–Kier alpha value is -2.67. The molecule has 3 aromatic rings. The number of benzene rings is 3. The van der Waals surface area contributed by atoms with Gasteiger partial charge in [-0.2, -0.15) is 0 Å². The molecular formula is C23H19N. The molecule has 0 unspecified atom stereocenters. The molecule has 2 aliphatic rings. The van der Waals surface area contributed by atoms with Crippen molar-refractivity contribution in [1.29, 1.82) is 0 Å². The van der Waals surface area contributed by atoms with Crippen LogP contribution in [0.5, 0.6) is 0 Å². The number of hydrogen-bond acceptors (Lipinski definition) is 1. The third-order valence-corrected chi connectivity index (χ3v) is 5.98. The Morgan fingerprint density at radius 1 is 0.750 bits per heavy atom. The van der Waals surface area contributed by atoms with E-state index in [2.05, 4.69) is 98.1 Å². The maximum Gasteiger partial charge on any atom is 0.103 e. The molecule has 0 bridgehead atoms. The number of aliphatic imine (C=N–C) groups is 1. The molecule has 1 heterocycles. The Labute approximate surface area is 142 Å². The van der Waals surface area contributed by atoms with Crippen LogP contribution in [0.2, 0.25) is 0 Å². The van der Waals surface area contributed by atoms with Gasteiger partial charge in [0.25, 0.3) is 0 Å². The molecule has 116 valence electrons. The summed E-state index contributed by atoms with van der Waals surface area (Å²) in [6, 6.07) is 30.4. The molecular weight excluding hydrogens is 290 g/mol. The van der Waals surface area contributed by atoms with Crippen LogP contribution in [0.4, 0.5) is 0 Å². The molecule has 0 spiro atoms. The van der Waals surface area contributed by atoms with Gasteiger partial charge >= 0.3 is 0 Å². The first-order chi connectivity index (χ1) is 11.8. The van der Waals surface area contributed by atoms with E-state index in [-0.39, 0.29) is 11.0 Å². The second-order valence-corrected chi connectivity index (χ2v) is 7.02. The summed E-state index contributed by atoms with van der Waals surface area (Å²) >= 11 is 0. The van der Waals surface area contributed by atoms with Crippen molar-refractivity contribution in [2.45, 2.75) is 23.8 Å². The predicted molar refractivity (Wildman–Crippen MR) is 98.7 cm³/mol. The van der Waals surface area contributed by atoms with Crippen LogP contribution in [-0.2, 0) is 11.0 Å². The van der Waals surface area contributed by atoms with Gasteiger partial charge in [0, 0.05) is 17.5 Å². The fraction of sp³-hybridized carbons (Fsp3) is 0.174. The van der Waals surface area contributed by atoms with Crippen molar-refractivity contribution in [2.75, 3.05) is 0 Å². The Kier molecular flexibility index (Phi) is 2.67. The molecule has 0 saturated heterocycles. The van der Waals surface area contributed by atoms with Crippen molar-refractivity contribution in [3.8, 4) is 0 Å². The molecule has 1 nitrogen and oxygen atoms in total. The van der Waals surface area contributed by atoms with Crippen LogP contribution in [-0.4, -0.2) is 6.21 Å². The topological polar surface area (TPSA) is 12.4 Å². The lowest BCUT2D eigenvalue weighted by Gasteiger charge is -2.25. The van der Waals surface area contributed by atoms with E-state index >= 15 is 0 Å². The predicted octanol–water partition coefficient (Wildman–Crippen LogP) is 5.07. The lowest BCUT2D eigenvalue weighted by atomic mass is 9.84. The Morgan fingerprint density at radius 2 is 1.38 bits per heavy atom. The van der Waals surface area contributed by atoms with Gasteiger partial charge in [0.2, 0.25) is 0 Å². The maximum atomic E-state index is 5.15. The summed E-state index contributed by atoms with van der Waals surface area (Å²) in [4.78, 5) is 5.15. The van der Waals surface area contributed by atoms with E-state index < -0.39 is 0 Å². The van der Waals surface area contributed by atoms with E-state index in [9.17, 15) is 0 Å². The van der Waals surface area contributed by atoms with Crippen molar-refractivity contribution in [3.63, 3.8) is 0 Å². The summed E-state index contributed by atoms with van der Waals surface area (Å²) in [6.07, 6.45) is 2.08. The van der Waals surface area contributed by atoms with Crippen LogP contribution in [0.25, 0.3) is 0 Å². The van der Waals surface area contributed by atoms with Gasteiger partial charge in [0.15, 0.2) is 0 Å². The van der Waals surface area contributed by atoms with E-state index in [1.54, 1.807) is 0 Å². The van der Waals surface area contributed by atoms with Gasteiger partial charge in [-0.15, -0.1) is 0 Å². The van der Waals surface area contributed by atoms with Gasteiger partial charge in [-0.05, 0) is 22.3 Å². The number of hydrogen-bond donors (Lipinski definition) is 0. The van der Waals surface area contributed by atoms with Crippen LogP contribution in [0.3, 0.4) is 0 Å². The molecule has 0 N–H and O–H groups in total. The molecule has 1 aliphatic heterocycles. The van der Waals surface area contributed by atoms with Crippen LogP contribution in [0.1, 0.15) is 35.1 Å². The number of fused-ring (bicyclic) bond motifs is 3. The van der Waals surface area contributed by atoms with Gasteiger partial charge < -0.3 is 0 Å². The fourth-order valence-electron chi connectivity index (χ4n) is 4.88. The molecule has 5 rings (SSSR count). The highest BCUT2D eigenvalue weighted by atomic mass is 15.0. The van der Waals surface area contributed by atoms with Gasteiger partial charge in [0.1, 0.15) is 5.54 Å². The molecule has 3 atom stereocenters. The molecule has 3 aromatic carbocycles. The standard InChI is InChI=1S/C23H19N/c1-22-20-15-9-8-12-18(20)16-24-23(22,19-13-6-3-7-14-19)21(22)17-10-4-2-5-11-17/h2-16,21H,1H3/t21-,22-,23+/m0/s1. The van der Waals surface area contributed by atoms with Crippen molar-refractivity contribution in [1.82, 2.24) is 0 Å². The minimum absolute atomic E-state index is 0.00104. The van der Waals surface area contributed by atoms with E-state index in [1.807, 2.05) is 0 Å². The Bertz CT molecular complexity index is 929. The number of rotatable bonds is 2. The van der Waals surface area contributed by atoms with Crippen molar-refractivity contribution in [2.24, 2.45) is 4.99 Å². The van der Waals surface area contributed by atoms with E-state index in [1.165, 1.54) is 22.3 Å². The summed E-state index contributed by atoms with van der Waals surface area (Å²) < 4.78 is 0. The monoisotopic (exact) mass is 309 g/mol. The second kappa shape index (κ2) is 4.67. The van der Waals surface area contributed by atoms with Crippen molar-refractivity contribution in [3.05, 3.63) is 107 Å². The molecule has 1 fully saturated rings. The molecule has 1 saturated carbocycles. The zero-order valence-corrected chi connectivity index (χ0v) is 13.7. The SMILES string of the molecule is C[C@@]12c3ccccc3C=N[C@]1(c1ccccc1)[C@H]2c1ccccc1. The third kappa shape index (κ3) is 1.52. The average Bonchev–Trinajstić information content (AvgIpc) is 3.25. The summed E-state index contributed by atoms with van der Waals surface area (Å²) in [5, 5.41) is 0. The highest BCUT2D eigenvalue weighted by molar-refractivity contribution is 5.88. The molecule has 0 radical (unpaired) electrons. The summed E-state index contributed by atoms with van der Waals surface area (Å²) in [6.45, 7) is 2.38. The quantitative estimate of drug-likeness (QED) is 0.627. The third-order valence-electron chi connectivity index (χ3n) is 5.98. The van der Waals surface area contributed by atoms with E-state index in [0.717, 1.165) is 0 Å². The van der Waals surface area contributed by atoms with Gasteiger partial charge in [-0.25, -0.2) is 0 Å². The minimum Gasteiger partial charge on any atom is -0.279 e. The average molecular weight is 309 g/mol. The fourth-order valence-corrected chi connectivity index (χ4v) is 4.88. The van der Waals surface area contributed by atoms with Crippen LogP contribution < -0.4 is 0 Å². The Balaban J connectivity index is 1.79. The van der Waals surface area contributed by atoms with Crippen LogP contribution >= 0.6 is 0 Å². The first-order valence-corrected chi connectivity index (χ1v) is 8.54. The van der Waals surface area contributed by atoms with E-state index in [4.69, 9.17) is 4.99 Å². The normalized spacial score (nSPS) is 29.6. The molecule has 0 amide bonds. The Morgan fingerprint density at radius 3 is 2.12 bits per heavy atom. The zero-order valence-electron chi connectivity index (χ0n) is 13.7. The van der Waals surface area contributed by atoms with Crippen LogP contribution in [0, 0.1) is 0 Å². The summed E-state index contributed by atoms with van der Waals surface area (Å²) in [7, 11) is 0. The lowest BCUT2D eigenvalue weighted by Crippen LogP contribution is -2.23. The molecule has 24 heavy (non-hydrogen) atoms. The summed E-state index contributed by atoms with van der Waals surface area (Å²) in [5.41, 5.74) is 5.16. The minimum atomic E-state index is -0.191. The maximum absolute atomic E-state index is 5.15. The van der Waals surface area contributed by atoms with Gasteiger partial charge in [-0.1, -0.05) is 91.9 Å². The molecule has 1 aliphatic carbocycles. The number of nitrogens with zero attached hydrogens (tertiary/aromatic N) is 1. The summed E-state index contributed by atoms with van der Waals surface area (Å²) in [5.74, 6) is 0.369. The first kappa shape index (κ1) is 13.7. The van der Waals surface area contributed by atoms with Gasteiger partial charge in [-0.3, -0.25) is 4.99 Å². The zero-order chi connectivity index (χ0) is 16.2. The van der Waals surface area contributed by atoms with Gasteiger partial charge in [0.05, 0.1) is 0 Å².